The van der Waals surface area contributed by atoms with Crippen molar-refractivity contribution in [3.63, 3.8) is 0 Å². The number of hydrogen-bond acceptors (Lipinski definition) is 4. The van der Waals surface area contributed by atoms with Crippen LogP contribution in [-0.4, -0.2) is 25.0 Å². The van der Waals surface area contributed by atoms with Gasteiger partial charge in [0.25, 0.3) is 0 Å². The molecule has 0 saturated carbocycles. The van der Waals surface area contributed by atoms with Crippen LogP contribution in [0.2, 0.25) is 0 Å². The maximum absolute atomic E-state index is 11.7. The third-order valence-electron chi connectivity index (χ3n) is 2.74. The fraction of sp³-hybridized carbons (Fsp3) is 0.312. The summed E-state index contributed by atoms with van der Waals surface area (Å²) in [5.74, 6) is -0.338. The molecule has 0 spiro atoms. The molecule has 0 N–H and O–H groups in total. The molecule has 0 fully saturated rings. The van der Waals surface area contributed by atoms with E-state index in [-0.39, 0.29) is 29.4 Å². The largest absolute Gasteiger partial charge is 0 e. The number of esters is 1. The number of ether oxygens (including phenoxy) is 2. The van der Waals surface area contributed by atoms with E-state index in [0.29, 0.717) is 6.61 Å². The normalized spacial score (nSPS) is 16.0. The number of benzene rings is 1. The summed E-state index contributed by atoms with van der Waals surface area (Å²) in [7, 11) is 0. The van der Waals surface area contributed by atoms with Crippen molar-refractivity contribution in [3.05, 3.63) is 55.3 Å². The number of nitrogens with zero attached hydrogens (tertiary/aromatic N) is 1. The molecule has 0 unspecified atom stereocenters. The molecule has 2 atom stereocenters. The van der Waals surface area contributed by atoms with Gasteiger partial charge < -0.3 is 9.47 Å². The van der Waals surface area contributed by atoms with E-state index >= 15 is 0 Å². The number of rotatable bonds is 3. The van der Waals surface area contributed by atoms with E-state index in [1.807, 2.05) is 31.2 Å². The van der Waals surface area contributed by atoms with E-state index in [1.165, 1.54) is 6.40 Å². The predicted octanol–water partition coefficient (Wildman–Crippen LogP) is 1.91. The van der Waals surface area contributed by atoms with Crippen LogP contribution < -0.4 is 0 Å². The fourth-order valence-corrected chi connectivity index (χ4v) is 1.88. The third kappa shape index (κ3) is 7.96. The molecule has 0 bridgehead atoms. The molecule has 0 amide bonds. The van der Waals surface area contributed by atoms with Gasteiger partial charge in [0.15, 0.2) is 18.5 Å². The van der Waals surface area contributed by atoms with Crippen LogP contribution in [0.15, 0.2) is 29.3 Å². The third-order valence-corrected chi connectivity index (χ3v) is 2.74. The van der Waals surface area contributed by atoms with Crippen LogP contribution in [0.25, 0.3) is 0 Å². The Bertz CT molecular complexity index is 553. The van der Waals surface area contributed by atoms with Crippen molar-refractivity contribution in [2.24, 2.45) is 4.99 Å². The van der Waals surface area contributed by atoms with E-state index in [0.717, 1.165) is 11.1 Å². The number of aliphatic imine (C=N–C) groups is 1. The summed E-state index contributed by atoms with van der Waals surface area (Å²) in [4.78, 5) is 15.8. The molecule has 24 heavy (non-hydrogen) atoms. The van der Waals surface area contributed by atoms with Gasteiger partial charge >= 0.3 is 39.9 Å². The van der Waals surface area contributed by atoms with Crippen LogP contribution in [-0.2, 0) is 45.6 Å². The van der Waals surface area contributed by atoms with Crippen LogP contribution in [0.3, 0.4) is 0 Å². The van der Waals surface area contributed by atoms with E-state index in [4.69, 9.17) is 23.4 Å². The first-order chi connectivity index (χ1) is 11.2. The number of carbonyl (C=O) groups excluding carboxylic acids is 1. The molecule has 8 heteroatoms. The van der Waals surface area contributed by atoms with Gasteiger partial charge in [0.1, 0.15) is 0 Å². The van der Waals surface area contributed by atoms with Gasteiger partial charge in [-0.3, -0.25) is 0 Å². The molecule has 7 nitrogen and oxygen atoms in total. The van der Waals surface area contributed by atoms with Gasteiger partial charge in [-0.25, -0.2) is 9.79 Å². The van der Waals surface area contributed by atoms with Gasteiger partial charge in [0, 0.05) is 17.4 Å². The van der Waals surface area contributed by atoms with E-state index in [1.54, 1.807) is 6.92 Å². The van der Waals surface area contributed by atoms with Crippen LogP contribution in [0, 0.1) is 26.9 Å². The Morgan fingerprint density at radius 2 is 1.75 bits per heavy atom. The molecule has 1 aliphatic rings. The van der Waals surface area contributed by atoms with Gasteiger partial charge in [-0.2, -0.15) is 0 Å². The Balaban J connectivity index is -0.000000569. The van der Waals surface area contributed by atoms with Crippen molar-refractivity contribution in [3.8, 4) is 0 Å². The summed E-state index contributed by atoms with van der Waals surface area (Å²) in [6.45, 7) is 17.6. The maximum atomic E-state index is 11.7. The SMILES string of the molecule is CCOC(=O)[C@H]1N=CO[C@@H]1c1ccccc1C.[C-]#[O+].[C-]#[O+].[C-]#[O+].[Cr]. The Morgan fingerprint density at radius 1 is 1.21 bits per heavy atom. The zero-order valence-electron chi connectivity index (χ0n) is 13.1. The summed E-state index contributed by atoms with van der Waals surface area (Å²) >= 11 is 0. The van der Waals surface area contributed by atoms with Gasteiger partial charge in [-0.1, -0.05) is 24.3 Å². The maximum Gasteiger partial charge on any atom is 0 e. The molecule has 1 heterocycles. The smallest absolute Gasteiger partial charge is 0 e. The molecular formula is C16H15CrNO6. The van der Waals surface area contributed by atoms with Crippen LogP contribution >= 0.6 is 0 Å². The zero-order valence-corrected chi connectivity index (χ0v) is 14.3. The van der Waals surface area contributed by atoms with E-state index in [9.17, 15) is 4.79 Å². The molecule has 0 radical (unpaired) electrons. The molecule has 1 aromatic carbocycles. The first kappa shape index (κ1) is 26.8. The molecule has 0 aliphatic carbocycles. The topological polar surface area (TPSA) is 108 Å². The minimum atomic E-state index is -0.587. The molecule has 1 aromatic rings. The average molecular weight is 369 g/mol. The second-order valence-corrected chi connectivity index (χ2v) is 3.86. The van der Waals surface area contributed by atoms with Gasteiger partial charge in [0.05, 0.1) is 6.61 Å². The first-order valence-electron chi connectivity index (χ1n) is 6.24. The van der Waals surface area contributed by atoms with E-state index in [2.05, 4.69) is 24.9 Å². The quantitative estimate of drug-likeness (QED) is 0.461. The van der Waals surface area contributed by atoms with Crippen LogP contribution in [0.4, 0.5) is 0 Å². The van der Waals surface area contributed by atoms with Gasteiger partial charge in [0.2, 0.25) is 0 Å². The molecule has 126 valence electrons. The molecular weight excluding hydrogens is 354 g/mol. The van der Waals surface area contributed by atoms with Crippen LogP contribution in [0.1, 0.15) is 24.2 Å². The summed E-state index contributed by atoms with van der Waals surface area (Å²) in [5, 5.41) is 0. The number of aryl methyl sites for hydroxylation is 1. The second kappa shape index (κ2) is 17.3. The van der Waals surface area contributed by atoms with Gasteiger partial charge in [-0.15, -0.1) is 0 Å². The van der Waals surface area contributed by atoms with Crippen molar-refractivity contribution in [2.75, 3.05) is 6.61 Å². The molecule has 0 aromatic heterocycles. The minimum absolute atomic E-state index is 0. The van der Waals surface area contributed by atoms with Gasteiger partial charge in [-0.05, 0) is 25.0 Å². The van der Waals surface area contributed by atoms with E-state index < -0.39 is 6.04 Å². The Hall–Kier alpha value is -2.09. The molecule has 1 aliphatic heterocycles. The summed E-state index contributed by atoms with van der Waals surface area (Å²) in [5.41, 5.74) is 2.06. The molecule has 0 saturated heterocycles. The standard InChI is InChI=1S/C13H15NO3.3CO.Cr/c1-3-16-13(15)11-12(17-8-14-11)10-7-5-4-6-9(10)2;3*1-2;/h4-8,11-12H,3H2,1-2H3;;;;/t11-,12+;;;;/m0..../s1. The number of carbonyl (C=O) groups is 1. The average Bonchev–Trinajstić information content (AvgIpc) is 3.10. The summed E-state index contributed by atoms with van der Waals surface area (Å²) in [6.07, 6.45) is 0.967. The second-order valence-electron chi connectivity index (χ2n) is 3.86. The van der Waals surface area contributed by atoms with Crippen molar-refractivity contribution in [2.45, 2.75) is 26.0 Å². The first-order valence-corrected chi connectivity index (χ1v) is 6.24. The Labute approximate surface area is 151 Å². The van der Waals surface area contributed by atoms with Crippen molar-refractivity contribution in [1.29, 1.82) is 0 Å². The number of hydrogen-bond donors (Lipinski definition) is 0. The van der Waals surface area contributed by atoms with Crippen LogP contribution in [0.5, 0.6) is 0 Å². The summed E-state index contributed by atoms with van der Waals surface area (Å²) < 4.78 is 32.9. The summed E-state index contributed by atoms with van der Waals surface area (Å²) in [6, 6.07) is 7.22. The zero-order chi connectivity index (χ0) is 18.3. The van der Waals surface area contributed by atoms with Crippen molar-refractivity contribution < 1.29 is 45.6 Å². The fourth-order valence-electron chi connectivity index (χ4n) is 1.88. The monoisotopic (exact) mass is 369 g/mol. The predicted molar refractivity (Wildman–Crippen MR) is 75.7 cm³/mol. The Morgan fingerprint density at radius 3 is 2.25 bits per heavy atom. The van der Waals surface area contributed by atoms with Crippen molar-refractivity contribution >= 4 is 12.4 Å². The Kier molecular flexibility index (Phi) is 19.3. The molecule has 2 rings (SSSR count). The minimum Gasteiger partial charge on any atom is 0 e. The van der Waals surface area contributed by atoms with Crippen molar-refractivity contribution in [1.82, 2.24) is 0 Å².